The van der Waals surface area contributed by atoms with Crippen LogP contribution in [-0.2, 0) is 9.53 Å². The minimum atomic E-state index is -0.387. The second kappa shape index (κ2) is 5.12. The summed E-state index contributed by atoms with van der Waals surface area (Å²) >= 11 is 3.04. The van der Waals surface area contributed by atoms with Gasteiger partial charge in [0.15, 0.2) is 0 Å². The Morgan fingerprint density at radius 2 is 2.00 bits per heavy atom. The molecule has 1 aliphatic heterocycles. The lowest BCUT2D eigenvalue weighted by atomic mass is 9.83. The van der Waals surface area contributed by atoms with Crippen LogP contribution >= 0.6 is 15.9 Å². The number of hydrogen-bond acceptors (Lipinski definition) is 2. The fourth-order valence-corrected chi connectivity index (χ4v) is 2.08. The van der Waals surface area contributed by atoms with Gasteiger partial charge < -0.3 is 10.1 Å². The van der Waals surface area contributed by atoms with Gasteiger partial charge in [-0.1, -0.05) is 6.58 Å². The maximum Gasteiger partial charge on any atom is 0.345 e. The molecule has 0 aliphatic carbocycles. The molecule has 86 valence electrons. The number of rotatable bonds is 3. The average molecular weight is 277 g/mol. The summed E-state index contributed by atoms with van der Waals surface area (Å²) in [6.07, 6.45) is 2.21. The smallest absolute Gasteiger partial charge is 0.345 e. The number of piperidine rings is 1. The Labute approximate surface area is 99.4 Å². The first-order valence-corrected chi connectivity index (χ1v) is 6.12. The maximum atomic E-state index is 11.4. The number of halogens is 1. The van der Waals surface area contributed by atoms with Crippen LogP contribution in [0.4, 0.5) is 0 Å². The number of hydrogen-bond donors (Lipinski definition) is 1. The largest absolute Gasteiger partial charge is 0.455 e. The summed E-state index contributed by atoms with van der Waals surface area (Å²) < 4.78 is 5.73. The third-order valence-electron chi connectivity index (χ3n) is 3.00. The van der Waals surface area contributed by atoms with E-state index in [-0.39, 0.29) is 16.1 Å². The molecule has 3 nitrogen and oxygen atoms in total. The van der Waals surface area contributed by atoms with Gasteiger partial charge in [-0.3, -0.25) is 0 Å². The van der Waals surface area contributed by atoms with E-state index < -0.39 is 0 Å². The van der Waals surface area contributed by atoms with E-state index in [0.29, 0.717) is 5.92 Å². The lowest BCUT2D eigenvalue weighted by Crippen LogP contribution is -2.86. The normalized spacial score (nSPS) is 18.6. The monoisotopic (exact) mass is 276 g/mol. The molecule has 0 saturated carbocycles. The first-order valence-electron chi connectivity index (χ1n) is 5.33. The molecule has 1 heterocycles. The van der Waals surface area contributed by atoms with E-state index in [1.54, 1.807) is 0 Å². The minimum Gasteiger partial charge on any atom is -0.455 e. The first-order chi connectivity index (χ1) is 6.93. The van der Waals surface area contributed by atoms with E-state index in [4.69, 9.17) is 4.74 Å². The molecule has 15 heavy (non-hydrogen) atoms. The predicted molar refractivity (Wildman–Crippen MR) is 62.6 cm³/mol. The summed E-state index contributed by atoms with van der Waals surface area (Å²) in [5.74, 6) is 0.104. The van der Waals surface area contributed by atoms with E-state index >= 15 is 0 Å². The van der Waals surface area contributed by atoms with Crippen LogP contribution in [0.2, 0.25) is 0 Å². The van der Waals surface area contributed by atoms with Crippen LogP contribution in [0.15, 0.2) is 11.1 Å². The molecule has 1 aliphatic rings. The number of carbonyl (C=O) groups is 1. The van der Waals surface area contributed by atoms with Gasteiger partial charge in [-0.2, -0.15) is 0 Å². The van der Waals surface area contributed by atoms with Gasteiger partial charge in [0.05, 0.1) is 17.6 Å². The summed E-state index contributed by atoms with van der Waals surface area (Å²) in [5, 5.41) is 2.30. The second-order valence-corrected chi connectivity index (χ2v) is 5.50. The minimum absolute atomic E-state index is 0.290. The highest BCUT2D eigenvalue weighted by molar-refractivity contribution is 9.12. The van der Waals surface area contributed by atoms with Crippen LogP contribution < -0.4 is 5.32 Å². The number of nitrogens with two attached hydrogens (primary N) is 1. The van der Waals surface area contributed by atoms with Crippen molar-refractivity contribution in [2.24, 2.45) is 5.92 Å². The van der Waals surface area contributed by atoms with Crippen molar-refractivity contribution in [1.29, 1.82) is 0 Å². The van der Waals surface area contributed by atoms with Crippen LogP contribution in [0.3, 0.4) is 0 Å². The van der Waals surface area contributed by atoms with E-state index in [9.17, 15) is 4.79 Å². The zero-order chi connectivity index (χ0) is 11.5. The summed E-state index contributed by atoms with van der Waals surface area (Å²) in [6, 6.07) is 0. The Kier molecular flexibility index (Phi) is 4.34. The van der Waals surface area contributed by atoms with Crippen molar-refractivity contribution < 1.29 is 14.8 Å². The molecule has 0 spiro atoms. The van der Waals surface area contributed by atoms with Crippen molar-refractivity contribution in [3.63, 3.8) is 0 Å². The number of ether oxygens (including phenoxy) is 1. The summed E-state index contributed by atoms with van der Waals surface area (Å²) in [7, 11) is 0. The number of carbonyl (C=O) groups excluding carboxylic acids is 1. The first kappa shape index (κ1) is 12.7. The van der Waals surface area contributed by atoms with E-state index in [0.717, 1.165) is 25.9 Å². The molecule has 0 atom stereocenters. The Morgan fingerprint density at radius 3 is 2.47 bits per heavy atom. The zero-order valence-electron chi connectivity index (χ0n) is 9.38. The van der Waals surface area contributed by atoms with Gasteiger partial charge in [0.2, 0.25) is 0 Å². The van der Waals surface area contributed by atoms with Gasteiger partial charge >= 0.3 is 5.97 Å². The molecule has 0 radical (unpaired) electrons. The van der Waals surface area contributed by atoms with Crippen molar-refractivity contribution in [2.75, 3.05) is 13.1 Å². The van der Waals surface area contributed by atoms with Crippen molar-refractivity contribution in [3.05, 3.63) is 11.1 Å². The van der Waals surface area contributed by atoms with Crippen molar-refractivity contribution in [1.82, 2.24) is 0 Å². The standard InChI is InChI=1S/C11H18BrNO2/c1-8(12)10(14)15-11(2,3)9-4-6-13-7-5-9/h9,13H,1,4-7H2,2-3H3/p+1. The topological polar surface area (TPSA) is 42.9 Å². The van der Waals surface area contributed by atoms with Gasteiger partial charge in [0.1, 0.15) is 5.60 Å². The fraction of sp³-hybridized carbons (Fsp3) is 0.727. The van der Waals surface area contributed by atoms with Gasteiger partial charge in [-0.15, -0.1) is 0 Å². The Balaban J connectivity index is 2.56. The molecular formula is C11H19BrNO2+. The molecule has 4 heteroatoms. The van der Waals surface area contributed by atoms with Gasteiger partial charge in [0.25, 0.3) is 0 Å². The lowest BCUT2D eigenvalue weighted by molar-refractivity contribution is -0.665. The molecule has 1 fully saturated rings. The Morgan fingerprint density at radius 1 is 1.47 bits per heavy atom. The number of quaternary nitrogens is 1. The molecule has 0 aromatic heterocycles. The Bertz CT molecular complexity index is 257. The summed E-state index contributed by atoms with van der Waals surface area (Å²) in [6.45, 7) is 9.74. The van der Waals surface area contributed by atoms with Crippen LogP contribution in [-0.4, -0.2) is 24.7 Å². The molecule has 0 amide bonds. The van der Waals surface area contributed by atoms with Crippen molar-refractivity contribution in [2.45, 2.75) is 32.3 Å². The molecule has 1 rings (SSSR count). The molecule has 2 N–H and O–H groups in total. The molecule has 0 unspecified atom stereocenters. The quantitative estimate of drug-likeness (QED) is 0.622. The average Bonchev–Trinajstić information content (AvgIpc) is 2.18. The molecule has 0 aromatic rings. The third-order valence-corrected chi connectivity index (χ3v) is 3.32. The zero-order valence-corrected chi connectivity index (χ0v) is 11.0. The third kappa shape index (κ3) is 3.61. The number of esters is 1. The Hall–Kier alpha value is -0.350. The van der Waals surface area contributed by atoms with E-state index in [1.165, 1.54) is 0 Å². The van der Waals surface area contributed by atoms with Crippen molar-refractivity contribution in [3.8, 4) is 0 Å². The van der Waals surface area contributed by atoms with Crippen molar-refractivity contribution >= 4 is 21.9 Å². The fourth-order valence-electron chi connectivity index (χ4n) is 2.00. The van der Waals surface area contributed by atoms with Crippen LogP contribution in [0.25, 0.3) is 0 Å². The van der Waals surface area contributed by atoms with E-state index in [1.807, 2.05) is 13.8 Å². The highest BCUT2D eigenvalue weighted by Crippen LogP contribution is 2.28. The predicted octanol–water partition coefficient (Wildman–Crippen LogP) is 1.19. The van der Waals surface area contributed by atoms with Crippen LogP contribution in [0.1, 0.15) is 26.7 Å². The highest BCUT2D eigenvalue weighted by Gasteiger charge is 2.35. The van der Waals surface area contributed by atoms with Gasteiger partial charge in [-0.25, -0.2) is 4.79 Å². The van der Waals surface area contributed by atoms with E-state index in [2.05, 4.69) is 27.8 Å². The molecule has 0 aromatic carbocycles. The molecule has 0 bridgehead atoms. The van der Waals surface area contributed by atoms with Gasteiger partial charge in [0, 0.05) is 18.8 Å². The van der Waals surface area contributed by atoms with Crippen LogP contribution in [0.5, 0.6) is 0 Å². The highest BCUT2D eigenvalue weighted by atomic mass is 79.9. The second-order valence-electron chi connectivity index (χ2n) is 4.54. The molecule has 1 saturated heterocycles. The maximum absolute atomic E-state index is 11.4. The molecular weight excluding hydrogens is 258 g/mol. The van der Waals surface area contributed by atoms with Gasteiger partial charge in [-0.05, 0) is 29.8 Å². The summed E-state index contributed by atoms with van der Waals surface area (Å²) in [5.41, 5.74) is -0.387. The van der Waals surface area contributed by atoms with Crippen LogP contribution in [0, 0.1) is 5.92 Å². The SMILES string of the molecule is C=C(Br)C(=O)OC(C)(C)C1CC[NH2+]CC1. The summed E-state index contributed by atoms with van der Waals surface area (Å²) in [4.78, 5) is 11.4. The lowest BCUT2D eigenvalue weighted by Gasteiger charge is -2.35.